The van der Waals surface area contributed by atoms with Gasteiger partial charge in [0.25, 0.3) is 0 Å². The van der Waals surface area contributed by atoms with E-state index in [0.717, 1.165) is 5.56 Å². The molecular formula is C11H12ClN3O. The van der Waals surface area contributed by atoms with E-state index in [-0.39, 0.29) is 0 Å². The van der Waals surface area contributed by atoms with E-state index >= 15 is 0 Å². The van der Waals surface area contributed by atoms with Gasteiger partial charge in [-0.2, -0.15) is 0 Å². The lowest BCUT2D eigenvalue weighted by molar-refractivity contribution is 0.487. The molecule has 84 valence electrons. The molecule has 0 fully saturated rings. The molecule has 1 unspecified atom stereocenters. The number of anilines is 1. The van der Waals surface area contributed by atoms with Gasteiger partial charge >= 0.3 is 0 Å². The van der Waals surface area contributed by atoms with Crippen LogP contribution in [-0.4, -0.2) is 4.98 Å². The fourth-order valence-corrected chi connectivity index (χ4v) is 1.73. The molecule has 2 heterocycles. The summed E-state index contributed by atoms with van der Waals surface area (Å²) in [5.74, 6) is 1.04. The molecule has 0 spiro atoms. The highest BCUT2D eigenvalue weighted by Gasteiger charge is 2.18. The van der Waals surface area contributed by atoms with E-state index in [2.05, 4.69) is 4.98 Å². The van der Waals surface area contributed by atoms with Crippen LogP contribution in [0.5, 0.6) is 0 Å². The standard InChI is InChI=1S/C11H12ClN3O/c1-6-2-3-16-10(6)9(13)8-4-7(12)5-15-11(8)14/h2-5,9H,13H2,1H3,(H2,14,15). The third-order valence-electron chi connectivity index (χ3n) is 2.44. The number of halogens is 1. The topological polar surface area (TPSA) is 78.1 Å². The van der Waals surface area contributed by atoms with Gasteiger partial charge in [-0.1, -0.05) is 11.6 Å². The smallest absolute Gasteiger partial charge is 0.128 e. The van der Waals surface area contributed by atoms with E-state index in [1.165, 1.54) is 6.20 Å². The van der Waals surface area contributed by atoms with Gasteiger partial charge in [-0.3, -0.25) is 0 Å². The monoisotopic (exact) mass is 237 g/mol. The Morgan fingerprint density at radius 2 is 2.25 bits per heavy atom. The second-order valence-electron chi connectivity index (χ2n) is 3.57. The van der Waals surface area contributed by atoms with E-state index < -0.39 is 6.04 Å². The van der Waals surface area contributed by atoms with Gasteiger partial charge in [0.15, 0.2) is 0 Å². The Kier molecular flexibility index (Phi) is 2.85. The number of nitrogen functional groups attached to an aromatic ring is 1. The Labute approximate surface area is 98.2 Å². The summed E-state index contributed by atoms with van der Waals surface area (Å²) in [6.45, 7) is 1.92. The molecule has 2 aromatic rings. The zero-order chi connectivity index (χ0) is 11.7. The summed E-state index contributed by atoms with van der Waals surface area (Å²) in [5.41, 5.74) is 13.5. The van der Waals surface area contributed by atoms with Crippen LogP contribution in [0.3, 0.4) is 0 Å². The van der Waals surface area contributed by atoms with Gasteiger partial charge < -0.3 is 15.9 Å². The zero-order valence-corrected chi connectivity index (χ0v) is 9.53. The summed E-state index contributed by atoms with van der Waals surface area (Å²) < 4.78 is 5.32. The van der Waals surface area contributed by atoms with Crippen LogP contribution in [0.15, 0.2) is 29.0 Å². The first-order chi connectivity index (χ1) is 7.59. The Morgan fingerprint density at radius 3 is 2.88 bits per heavy atom. The quantitative estimate of drug-likeness (QED) is 0.840. The van der Waals surface area contributed by atoms with Crippen LogP contribution in [0.1, 0.15) is 22.9 Å². The van der Waals surface area contributed by atoms with Crippen LogP contribution >= 0.6 is 11.6 Å². The van der Waals surface area contributed by atoms with Crippen molar-refractivity contribution in [1.82, 2.24) is 4.98 Å². The van der Waals surface area contributed by atoms with Gasteiger partial charge in [0.05, 0.1) is 17.3 Å². The molecular weight excluding hydrogens is 226 g/mol. The average Bonchev–Trinajstić information content (AvgIpc) is 2.67. The predicted octanol–water partition coefficient (Wildman–Crippen LogP) is 2.27. The molecule has 0 saturated carbocycles. The molecule has 0 aliphatic heterocycles. The molecule has 1 atom stereocenters. The van der Waals surface area contributed by atoms with Crippen LogP contribution in [0.4, 0.5) is 5.82 Å². The number of furan rings is 1. The molecule has 2 aromatic heterocycles. The Hall–Kier alpha value is -1.52. The third kappa shape index (κ3) is 1.89. The van der Waals surface area contributed by atoms with Crippen molar-refractivity contribution >= 4 is 17.4 Å². The summed E-state index contributed by atoms with van der Waals surface area (Å²) in [7, 11) is 0. The Bertz CT molecular complexity index is 510. The lowest BCUT2D eigenvalue weighted by Gasteiger charge is -2.12. The first-order valence-corrected chi connectivity index (χ1v) is 5.18. The van der Waals surface area contributed by atoms with Crippen molar-refractivity contribution in [2.45, 2.75) is 13.0 Å². The summed E-state index contributed by atoms with van der Waals surface area (Å²) in [6, 6.07) is 3.11. The predicted molar refractivity (Wildman–Crippen MR) is 63.1 cm³/mol. The lowest BCUT2D eigenvalue weighted by atomic mass is 10.0. The fraction of sp³-hybridized carbons (Fsp3) is 0.182. The molecule has 0 aliphatic rings. The van der Waals surface area contributed by atoms with Gasteiger partial charge in [-0.05, 0) is 24.6 Å². The molecule has 2 rings (SSSR count). The van der Waals surface area contributed by atoms with Crippen molar-refractivity contribution < 1.29 is 4.42 Å². The van der Waals surface area contributed by atoms with Crippen LogP contribution in [0.25, 0.3) is 0 Å². The summed E-state index contributed by atoms with van der Waals surface area (Å²) in [6.07, 6.45) is 3.08. The van der Waals surface area contributed by atoms with Crippen molar-refractivity contribution in [3.63, 3.8) is 0 Å². The van der Waals surface area contributed by atoms with Crippen molar-refractivity contribution in [1.29, 1.82) is 0 Å². The van der Waals surface area contributed by atoms with Gasteiger partial charge in [-0.25, -0.2) is 4.98 Å². The van der Waals surface area contributed by atoms with E-state index in [1.54, 1.807) is 12.3 Å². The second-order valence-corrected chi connectivity index (χ2v) is 4.01. The van der Waals surface area contributed by atoms with E-state index in [0.29, 0.717) is 22.2 Å². The third-order valence-corrected chi connectivity index (χ3v) is 2.64. The van der Waals surface area contributed by atoms with Crippen LogP contribution in [0, 0.1) is 6.92 Å². The molecule has 0 radical (unpaired) electrons. The SMILES string of the molecule is Cc1ccoc1C(N)c1cc(Cl)cnc1N. The molecule has 5 heteroatoms. The first-order valence-electron chi connectivity index (χ1n) is 4.80. The van der Waals surface area contributed by atoms with Crippen molar-refractivity contribution in [2.24, 2.45) is 5.73 Å². The number of rotatable bonds is 2. The fourth-order valence-electron chi connectivity index (χ4n) is 1.56. The molecule has 4 N–H and O–H groups in total. The van der Waals surface area contributed by atoms with E-state index in [9.17, 15) is 0 Å². The van der Waals surface area contributed by atoms with Crippen LogP contribution in [-0.2, 0) is 0 Å². The average molecular weight is 238 g/mol. The van der Waals surface area contributed by atoms with Crippen molar-refractivity contribution in [3.8, 4) is 0 Å². The van der Waals surface area contributed by atoms with Gasteiger partial charge in [0.1, 0.15) is 11.6 Å². The highest BCUT2D eigenvalue weighted by molar-refractivity contribution is 6.30. The number of aryl methyl sites for hydroxylation is 1. The minimum Gasteiger partial charge on any atom is -0.467 e. The number of pyridine rings is 1. The highest BCUT2D eigenvalue weighted by atomic mass is 35.5. The molecule has 0 bridgehead atoms. The van der Waals surface area contributed by atoms with Gasteiger partial charge in [-0.15, -0.1) is 0 Å². The van der Waals surface area contributed by atoms with Crippen molar-refractivity contribution in [3.05, 3.63) is 46.5 Å². The molecule has 0 saturated heterocycles. The number of nitrogens with two attached hydrogens (primary N) is 2. The molecule has 0 amide bonds. The van der Waals surface area contributed by atoms with Crippen LogP contribution in [0.2, 0.25) is 5.02 Å². The maximum atomic E-state index is 6.06. The molecule has 16 heavy (non-hydrogen) atoms. The Morgan fingerprint density at radius 1 is 1.50 bits per heavy atom. The van der Waals surface area contributed by atoms with E-state index in [4.69, 9.17) is 27.5 Å². The first kappa shape index (κ1) is 11.0. The maximum Gasteiger partial charge on any atom is 0.128 e. The lowest BCUT2D eigenvalue weighted by Crippen LogP contribution is -2.14. The summed E-state index contributed by atoms with van der Waals surface area (Å²) in [4.78, 5) is 3.96. The normalized spacial score (nSPS) is 12.7. The largest absolute Gasteiger partial charge is 0.467 e. The summed E-state index contributed by atoms with van der Waals surface area (Å²) in [5, 5.41) is 0.504. The number of aromatic nitrogens is 1. The zero-order valence-electron chi connectivity index (χ0n) is 8.77. The number of hydrogen-bond acceptors (Lipinski definition) is 4. The Balaban J connectivity index is 2.45. The molecule has 0 aromatic carbocycles. The van der Waals surface area contributed by atoms with E-state index in [1.807, 2.05) is 13.0 Å². The second kappa shape index (κ2) is 4.15. The highest BCUT2D eigenvalue weighted by Crippen LogP contribution is 2.27. The maximum absolute atomic E-state index is 6.06. The molecule has 4 nitrogen and oxygen atoms in total. The number of hydrogen-bond donors (Lipinski definition) is 2. The van der Waals surface area contributed by atoms with Gasteiger partial charge in [0, 0.05) is 11.8 Å². The molecule has 0 aliphatic carbocycles. The van der Waals surface area contributed by atoms with Crippen LogP contribution < -0.4 is 11.5 Å². The number of nitrogens with zero attached hydrogens (tertiary/aromatic N) is 1. The minimum atomic E-state index is -0.443. The van der Waals surface area contributed by atoms with Gasteiger partial charge in [0.2, 0.25) is 0 Å². The minimum absolute atomic E-state index is 0.368. The van der Waals surface area contributed by atoms with Crippen molar-refractivity contribution in [2.75, 3.05) is 5.73 Å². The summed E-state index contributed by atoms with van der Waals surface area (Å²) >= 11 is 5.86.